The quantitative estimate of drug-likeness (QED) is 0.410. The van der Waals surface area contributed by atoms with E-state index >= 15 is 0 Å². The lowest BCUT2D eigenvalue weighted by molar-refractivity contribution is -0.178. The van der Waals surface area contributed by atoms with Gasteiger partial charge in [-0.25, -0.2) is 14.2 Å². The second-order valence-electron chi connectivity index (χ2n) is 8.68. The molecule has 2 aromatic carbocycles. The van der Waals surface area contributed by atoms with Crippen molar-refractivity contribution in [2.45, 2.75) is 50.4 Å². The van der Waals surface area contributed by atoms with Crippen LogP contribution in [0.4, 0.5) is 4.39 Å². The van der Waals surface area contributed by atoms with Gasteiger partial charge in [0.15, 0.2) is 11.6 Å². The van der Waals surface area contributed by atoms with Crippen molar-refractivity contribution >= 4 is 11.9 Å². The molecule has 1 saturated heterocycles. The minimum Gasteiger partial charge on any atom is -0.458 e. The van der Waals surface area contributed by atoms with E-state index < -0.39 is 11.6 Å². The molecular weight excluding hydrogens is 409 g/mol. The van der Waals surface area contributed by atoms with Gasteiger partial charge in [-0.3, -0.25) is 0 Å². The van der Waals surface area contributed by atoms with Crippen molar-refractivity contribution in [3.8, 4) is 0 Å². The van der Waals surface area contributed by atoms with Crippen molar-refractivity contribution in [1.29, 1.82) is 0 Å². The molecule has 0 bridgehead atoms. The molecule has 2 aromatic rings. The number of hydrogen-bond donors (Lipinski definition) is 2. The Kier molecular flexibility index (Phi) is 6.74. The van der Waals surface area contributed by atoms with Crippen molar-refractivity contribution in [2.75, 3.05) is 13.1 Å². The third-order valence-electron chi connectivity index (χ3n) is 6.53. The molecule has 0 radical (unpaired) electrons. The first-order chi connectivity index (χ1) is 15.5. The van der Waals surface area contributed by atoms with Gasteiger partial charge < -0.3 is 20.5 Å². The van der Waals surface area contributed by atoms with Crippen molar-refractivity contribution in [3.63, 3.8) is 0 Å². The van der Waals surface area contributed by atoms with Gasteiger partial charge >= 0.3 is 5.97 Å². The molecule has 0 amide bonds. The van der Waals surface area contributed by atoms with E-state index in [-0.39, 0.29) is 24.4 Å². The van der Waals surface area contributed by atoms with E-state index in [1.54, 1.807) is 24.3 Å². The molecule has 7 heteroatoms. The Labute approximate surface area is 187 Å². The normalized spacial score (nSPS) is 21.5. The first kappa shape index (κ1) is 22.3. The zero-order chi connectivity index (χ0) is 22.6. The topological polar surface area (TPSA) is 88.1 Å². The van der Waals surface area contributed by atoms with Gasteiger partial charge in [-0.15, -0.1) is 0 Å². The molecule has 1 saturated carbocycles. The highest BCUT2D eigenvalue weighted by atomic mass is 19.1. The molecule has 1 heterocycles. The molecule has 2 fully saturated rings. The van der Waals surface area contributed by atoms with Crippen LogP contribution in [0, 0.1) is 11.7 Å². The number of aliphatic hydroxyl groups is 1. The van der Waals surface area contributed by atoms with Gasteiger partial charge in [-0.1, -0.05) is 55.3 Å². The van der Waals surface area contributed by atoms with E-state index in [0.29, 0.717) is 31.0 Å². The number of carbonyl (C=O) groups excluding carboxylic acids is 1. The van der Waals surface area contributed by atoms with Crippen molar-refractivity contribution in [3.05, 3.63) is 71.5 Å². The van der Waals surface area contributed by atoms with E-state index in [2.05, 4.69) is 4.99 Å². The maximum atomic E-state index is 13.3. The van der Waals surface area contributed by atoms with Gasteiger partial charge in [0.25, 0.3) is 0 Å². The molecule has 32 heavy (non-hydrogen) atoms. The lowest BCUT2D eigenvalue weighted by Crippen LogP contribution is -2.45. The second kappa shape index (κ2) is 9.69. The molecule has 0 aromatic heterocycles. The first-order valence-corrected chi connectivity index (χ1v) is 11.2. The summed E-state index contributed by atoms with van der Waals surface area (Å²) in [6.07, 6.45) is 3.85. The molecule has 2 atom stereocenters. The van der Waals surface area contributed by atoms with E-state index in [1.807, 2.05) is 23.1 Å². The van der Waals surface area contributed by atoms with Gasteiger partial charge in [0, 0.05) is 18.9 Å². The average molecular weight is 440 g/mol. The van der Waals surface area contributed by atoms with Crippen LogP contribution in [0.1, 0.15) is 43.2 Å². The molecule has 1 aliphatic carbocycles. The zero-order valence-corrected chi connectivity index (χ0v) is 18.1. The Morgan fingerprint density at radius 2 is 1.91 bits per heavy atom. The number of carbonyl (C=O) groups is 1. The standard InChI is InChI=1S/C25H30FN3O3/c26-21-12-6-7-18(15-21)16-28-24(27)29-14-13-22(17-29)32-23(30)25(31,20-10-4-5-11-20)19-8-2-1-3-9-19/h1-3,6-9,12,15,20,22,31H,4-5,10-11,13-14,16-17H2,(H2,27,28)/t22?,25-/m0/s1. The van der Waals surface area contributed by atoms with Crippen molar-refractivity contribution in [1.82, 2.24) is 4.90 Å². The van der Waals surface area contributed by atoms with Crippen LogP contribution in [0.3, 0.4) is 0 Å². The molecule has 4 rings (SSSR count). The van der Waals surface area contributed by atoms with Crippen LogP contribution < -0.4 is 5.73 Å². The summed E-state index contributed by atoms with van der Waals surface area (Å²) >= 11 is 0. The number of likely N-dealkylation sites (tertiary alicyclic amines) is 1. The predicted molar refractivity (Wildman–Crippen MR) is 120 cm³/mol. The van der Waals surface area contributed by atoms with E-state index in [9.17, 15) is 14.3 Å². The Morgan fingerprint density at radius 1 is 1.16 bits per heavy atom. The lowest BCUT2D eigenvalue weighted by atomic mass is 9.80. The zero-order valence-electron chi connectivity index (χ0n) is 18.1. The average Bonchev–Trinajstić information content (AvgIpc) is 3.50. The smallest absolute Gasteiger partial charge is 0.343 e. The van der Waals surface area contributed by atoms with Gasteiger partial charge in [-0.05, 0) is 36.1 Å². The third-order valence-corrected chi connectivity index (χ3v) is 6.53. The fourth-order valence-corrected chi connectivity index (χ4v) is 4.74. The number of aliphatic imine (C=N–C) groups is 1. The SMILES string of the molecule is NC(=NCc1cccc(F)c1)N1CCC(OC(=O)[C@](O)(c2ccccc2)C2CCCC2)C1. The summed E-state index contributed by atoms with van der Waals surface area (Å²) in [5, 5.41) is 11.6. The number of nitrogens with two attached hydrogens (primary N) is 1. The summed E-state index contributed by atoms with van der Waals surface area (Å²) in [6.45, 7) is 1.30. The first-order valence-electron chi connectivity index (χ1n) is 11.2. The van der Waals surface area contributed by atoms with E-state index in [0.717, 1.165) is 31.2 Å². The minimum absolute atomic E-state index is 0.146. The molecular formula is C25H30FN3O3. The van der Waals surface area contributed by atoms with Crippen LogP contribution in [-0.2, 0) is 21.7 Å². The number of guanidine groups is 1. The van der Waals surface area contributed by atoms with Gasteiger partial charge in [-0.2, -0.15) is 0 Å². The lowest BCUT2D eigenvalue weighted by Gasteiger charge is -2.33. The van der Waals surface area contributed by atoms with E-state index in [4.69, 9.17) is 10.5 Å². The summed E-state index contributed by atoms with van der Waals surface area (Å²) in [6, 6.07) is 15.4. The number of benzene rings is 2. The molecule has 6 nitrogen and oxygen atoms in total. The molecule has 3 N–H and O–H groups in total. The summed E-state index contributed by atoms with van der Waals surface area (Å²) in [5.41, 5.74) is 5.81. The van der Waals surface area contributed by atoms with Gasteiger partial charge in [0.2, 0.25) is 0 Å². The third kappa shape index (κ3) is 4.78. The molecule has 1 unspecified atom stereocenters. The Hall–Kier alpha value is -2.93. The number of ether oxygens (including phenoxy) is 1. The fourth-order valence-electron chi connectivity index (χ4n) is 4.74. The fraction of sp³-hybridized carbons (Fsp3) is 0.440. The maximum Gasteiger partial charge on any atom is 0.343 e. The summed E-state index contributed by atoms with van der Waals surface area (Å²) in [5.74, 6) is -0.704. The summed E-state index contributed by atoms with van der Waals surface area (Å²) in [7, 11) is 0. The number of hydrogen-bond acceptors (Lipinski definition) is 4. The number of halogens is 1. The molecule has 0 spiro atoms. The highest BCUT2D eigenvalue weighted by molar-refractivity contribution is 5.82. The molecule has 170 valence electrons. The van der Waals surface area contributed by atoms with Crippen molar-refractivity contribution in [2.24, 2.45) is 16.6 Å². The molecule has 1 aliphatic heterocycles. The summed E-state index contributed by atoms with van der Waals surface area (Å²) in [4.78, 5) is 19.4. The summed E-state index contributed by atoms with van der Waals surface area (Å²) < 4.78 is 19.1. The van der Waals surface area contributed by atoms with Crippen molar-refractivity contribution < 1.29 is 19.0 Å². The van der Waals surface area contributed by atoms with Crippen LogP contribution in [0.15, 0.2) is 59.6 Å². The number of nitrogens with zero attached hydrogens (tertiary/aromatic N) is 2. The Bertz CT molecular complexity index is 962. The highest BCUT2D eigenvalue weighted by Gasteiger charge is 2.48. The molecule has 2 aliphatic rings. The Balaban J connectivity index is 1.40. The monoisotopic (exact) mass is 439 g/mol. The van der Waals surface area contributed by atoms with Gasteiger partial charge in [0.05, 0.1) is 13.1 Å². The largest absolute Gasteiger partial charge is 0.458 e. The maximum absolute atomic E-state index is 13.3. The second-order valence-corrected chi connectivity index (χ2v) is 8.68. The van der Waals surface area contributed by atoms with Crippen LogP contribution in [-0.4, -0.2) is 41.1 Å². The highest BCUT2D eigenvalue weighted by Crippen LogP contribution is 2.41. The number of esters is 1. The minimum atomic E-state index is -1.64. The van der Waals surface area contributed by atoms with Crippen LogP contribution in [0.5, 0.6) is 0 Å². The van der Waals surface area contributed by atoms with E-state index in [1.165, 1.54) is 12.1 Å². The Morgan fingerprint density at radius 3 is 2.62 bits per heavy atom. The van der Waals surface area contributed by atoms with Crippen LogP contribution in [0.25, 0.3) is 0 Å². The van der Waals surface area contributed by atoms with Crippen LogP contribution in [0.2, 0.25) is 0 Å². The number of rotatable bonds is 6. The van der Waals surface area contributed by atoms with Gasteiger partial charge in [0.1, 0.15) is 11.9 Å². The predicted octanol–water partition coefficient (Wildman–Crippen LogP) is 3.34. The van der Waals surface area contributed by atoms with Crippen LogP contribution >= 0.6 is 0 Å².